The second-order valence-corrected chi connectivity index (χ2v) is 7.00. The lowest BCUT2D eigenvalue weighted by Gasteiger charge is -2.33. The molecule has 18 heavy (non-hydrogen) atoms. The second-order valence-electron chi connectivity index (χ2n) is 4.50. The topological polar surface area (TPSA) is 32.3 Å². The number of halogens is 2. The lowest BCUT2D eigenvalue weighted by molar-refractivity contribution is -0.133. The van der Waals surface area contributed by atoms with Gasteiger partial charge < -0.3 is 10.2 Å². The van der Waals surface area contributed by atoms with E-state index in [1.807, 2.05) is 24.0 Å². The zero-order valence-electron chi connectivity index (χ0n) is 10.5. The molecule has 3 nitrogen and oxygen atoms in total. The van der Waals surface area contributed by atoms with E-state index in [9.17, 15) is 4.79 Å². The van der Waals surface area contributed by atoms with Gasteiger partial charge in [-0.1, -0.05) is 0 Å². The number of hydrogen-bond donors (Lipinski definition) is 1. The van der Waals surface area contributed by atoms with Gasteiger partial charge in [0.05, 0.1) is 9.70 Å². The van der Waals surface area contributed by atoms with Crippen molar-refractivity contribution in [1.82, 2.24) is 10.2 Å². The Morgan fingerprint density at radius 2 is 2.33 bits per heavy atom. The van der Waals surface area contributed by atoms with Gasteiger partial charge in [-0.05, 0) is 41.9 Å². The average molecular weight is 354 g/mol. The highest BCUT2D eigenvalue weighted by molar-refractivity contribution is 9.11. The van der Waals surface area contributed by atoms with Crippen LogP contribution >= 0.6 is 39.7 Å². The summed E-state index contributed by atoms with van der Waals surface area (Å²) in [7, 11) is 0. The van der Waals surface area contributed by atoms with E-state index in [2.05, 4.69) is 28.2 Å². The molecule has 2 unspecified atom stereocenters. The molecule has 1 saturated heterocycles. The van der Waals surface area contributed by atoms with Crippen LogP contribution < -0.4 is 5.32 Å². The van der Waals surface area contributed by atoms with Crippen molar-refractivity contribution in [3.63, 3.8) is 0 Å². The van der Waals surface area contributed by atoms with Crippen molar-refractivity contribution in [3.8, 4) is 0 Å². The first kappa shape index (κ1) is 16.0. The Morgan fingerprint density at radius 1 is 1.61 bits per heavy atom. The fraction of sp³-hybridized carbons (Fsp3) is 0.583. The molecule has 0 saturated carbocycles. The Bertz CT molecular complexity index is 413. The number of thiophene rings is 1. The molecular weight excluding hydrogens is 336 g/mol. The summed E-state index contributed by atoms with van der Waals surface area (Å²) in [6, 6.07) is 4.43. The molecule has 102 valence electrons. The minimum atomic E-state index is -0.0309. The monoisotopic (exact) mass is 352 g/mol. The summed E-state index contributed by atoms with van der Waals surface area (Å²) < 4.78 is 1.08. The van der Waals surface area contributed by atoms with Gasteiger partial charge in [-0.2, -0.15) is 0 Å². The molecule has 1 amide bonds. The highest BCUT2D eigenvalue weighted by Gasteiger charge is 2.26. The summed E-state index contributed by atoms with van der Waals surface area (Å²) in [6.07, 6.45) is 0. The van der Waals surface area contributed by atoms with E-state index in [0.29, 0.717) is 6.04 Å². The Morgan fingerprint density at radius 3 is 2.89 bits per heavy atom. The summed E-state index contributed by atoms with van der Waals surface area (Å²) in [5.74, 6) is 0.212. The van der Waals surface area contributed by atoms with Crippen LogP contribution in [0.4, 0.5) is 0 Å². The van der Waals surface area contributed by atoms with Crippen LogP contribution in [0.5, 0.6) is 0 Å². The van der Waals surface area contributed by atoms with E-state index in [1.165, 1.54) is 0 Å². The molecule has 2 rings (SSSR count). The lowest BCUT2D eigenvalue weighted by Crippen LogP contribution is -2.52. The molecule has 1 fully saturated rings. The van der Waals surface area contributed by atoms with Gasteiger partial charge >= 0.3 is 0 Å². The van der Waals surface area contributed by atoms with Crippen LogP contribution in [0.1, 0.15) is 24.6 Å². The van der Waals surface area contributed by atoms with E-state index >= 15 is 0 Å². The molecule has 1 aromatic rings. The molecule has 1 aliphatic heterocycles. The molecule has 0 aliphatic carbocycles. The van der Waals surface area contributed by atoms with Crippen molar-refractivity contribution < 1.29 is 4.79 Å². The van der Waals surface area contributed by atoms with E-state index in [-0.39, 0.29) is 24.2 Å². The summed E-state index contributed by atoms with van der Waals surface area (Å²) in [5, 5.41) is 3.35. The smallest absolute Gasteiger partial charge is 0.230 e. The first-order valence-corrected chi connectivity index (χ1v) is 7.46. The summed E-state index contributed by atoms with van der Waals surface area (Å²) in [4.78, 5) is 15.4. The van der Waals surface area contributed by atoms with E-state index in [0.717, 1.165) is 28.3 Å². The van der Waals surface area contributed by atoms with Crippen molar-refractivity contribution in [3.05, 3.63) is 20.8 Å². The fourth-order valence-corrected chi connectivity index (χ4v) is 3.56. The number of carbonyl (C=O) groups excluding carboxylic acids is 1. The summed E-state index contributed by atoms with van der Waals surface area (Å²) in [6.45, 7) is 6.64. The van der Waals surface area contributed by atoms with Crippen molar-refractivity contribution >= 4 is 45.6 Å². The third-order valence-corrected chi connectivity index (χ3v) is 4.88. The summed E-state index contributed by atoms with van der Waals surface area (Å²) in [5.41, 5.74) is 0. The quantitative estimate of drug-likeness (QED) is 0.886. The predicted octanol–water partition coefficient (Wildman–Crippen LogP) is 2.86. The standard InChI is InChI=1S/C12H17BrN2OS.ClH/c1-8-7-15(6-5-14-8)12(16)9(2)10-3-4-11(13)17-10;/h3-4,8-9,14H,5-7H2,1-2H3;1H. The van der Waals surface area contributed by atoms with Crippen LogP contribution in [0.15, 0.2) is 15.9 Å². The summed E-state index contributed by atoms with van der Waals surface area (Å²) >= 11 is 5.08. The van der Waals surface area contributed by atoms with Crippen molar-refractivity contribution in [2.24, 2.45) is 0 Å². The molecule has 6 heteroatoms. The Labute approximate surface area is 126 Å². The van der Waals surface area contributed by atoms with Crippen LogP contribution in [0, 0.1) is 0 Å². The van der Waals surface area contributed by atoms with E-state index in [1.54, 1.807) is 11.3 Å². The molecule has 1 aromatic heterocycles. The molecule has 0 aromatic carbocycles. The molecular formula is C12H18BrClN2OS. The Hall–Kier alpha value is -0.100. The highest BCUT2D eigenvalue weighted by atomic mass is 79.9. The SMILES string of the molecule is CC1CN(C(=O)C(C)c2ccc(Br)s2)CCN1.Cl. The minimum absolute atomic E-state index is 0. The highest BCUT2D eigenvalue weighted by Crippen LogP contribution is 2.29. The van der Waals surface area contributed by atoms with Gasteiger partial charge in [0.25, 0.3) is 0 Å². The number of rotatable bonds is 2. The molecule has 0 spiro atoms. The van der Waals surface area contributed by atoms with Crippen molar-refractivity contribution in [1.29, 1.82) is 0 Å². The van der Waals surface area contributed by atoms with Gasteiger partial charge in [0.1, 0.15) is 0 Å². The van der Waals surface area contributed by atoms with Crippen LogP contribution in [0.2, 0.25) is 0 Å². The molecule has 2 atom stereocenters. The third kappa shape index (κ3) is 3.70. The number of carbonyl (C=O) groups is 1. The Kier molecular flexibility index (Phi) is 6.11. The zero-order chi connectivity index (χ0) is 12.4. The van der Waals surface area contributed by atoms with Crippen LogP contribution in [-0.2, 0) is 4.79 Å². The number of nitrogens with one attached hydrogen (secondary N) is 1. The van der Waals surface area contributed by atoms with E-state index < -0.39 is 0 Å². The fourth-order valence-electron chi connectivity index (χ4n) is 2.09. The molecule has 1 aliphatic rings. The van der Waals surface area contributed by atoms with Gasteiger partial charge in [0.2, 0.25) is 5.91 Å². The van der Waals surface area contributed by atoms with Gasteiger partial charge in [-0.15, -0.1) is 23.7 Å². The van der Waals surface area contributed by atoms with Crippen molar-refractivity contribution in [2.75, 3.05) is 19.6 Å². The normalized spacial score (nSPS) is 21.3. The molecule has 0 radical (unpaired) electrons. The number of hydrogen-bond acceptors (Lipinski definition) is 3. The van der Waals surface area contributed by atoms with Crippen LogP contribution in [0.3, 0.4) is 0 Å². The lowest BCUT2D eigenvalue weighted by atomic mass is 10.1. The maximum absolute atomic E-state index is 12.3. The van der Waals surface area contributed by atoms with Gasteiger partial charge in [0.15, 0.2) is 0 Å². The van der Waals surface area contributed by atoms with Crippen molar-refractivity contribution in [2.45, 2.75) is 25.8 Å². The second kappa shape index (κ2) is 6.89. The first-order valence-electron chi connectivity index (χ1n) is 5.85. The zero-order valence-corrected chi connectivity index (χ0v) is 13.7. The van der Waals surface area contributed by atoms with Gasteiger partial charge in [0, 0.05) is 30.6 Å². The van der Waals surface area contributed by atoms with Crippen LogP contribution in [0.25, 0.3) is 0 Å². The minimum Gasteiger partial charge on any atom is -0.339 e. The van der Waals surface area contributed by atoms with E-state index in [4.69, 9.17) is 0 Å². The van der Waals surface area contributed by atoms with Gasteiger partial charge in [-0.25, -0.2) is 0 Å². The molecule has 0 bridgehead atoms. The van der Waals surface area contributed by atoms with Crippen LogP contribution in [-0.4, -0.2) is 36.5 Å². The Balaban J connectivity index is 0.00000162. The number of amides is 1. The largest absolute Gasteiger partial charge is 0.339 e. The number of piperazine rings is 1. The third-order valence-electron chi connectivity index (χ3n) is 3.07. The maximum atomic E-state index is 12.3. The van der Waals surface area contributed by atoms with Gasteiger partial charge in [-0.3, -0.25) is 4.79 Å². The first-order chi connectivity index (χ1) is 8.08. The molecule has 1 N–H and O–H groups in total. The average Bonchev–Trinajstić information content (AvgIpc) is 2.74. The maximum Gasteiger partial charge on any atom is 0.230 e. The number of nitrogens with zero attached hydrogens (tertiary/aromatic N) is 1. The predicted molar refractivity (Wildman–Crippen MR) is 81.7 cm³/mol. The molecule has 2 heterocycles.